The van der Waals surface area contributed by atoms with Crippen molar-refractivity contribution in [3.05, 3.63) is 35.4 Å². The Morgan fingerprint density at radius 3 is 2.12 bits per heavy atom. The van der Waals surface area contributed by atoms with Gasteiger partial charge in [-0.25, -0.2) is 0 Å². The lowest BCUT2D eigenvalue weighted by Crippen LogP contribution is -2.12. The van der Waals surface area contributed by atoms with Gasteiger partial charge in [0.15, 0.2) is 0 Å². The maximum absolute atomic E-state index is 7.29. The van der Waals surface area contributed by atoms with Crippen molar-refractivity contribution in [2.45, 2.75) is 39.5 Å². The summed E-state index contributed by atoms with van der Waals surface area (Å²) in [5.41, 5.74) is 8.06. The Morgan fingerprint density at radius 1 is 1.18 bits per heavy atom. The third kappa shape index (κ3) is 5.73. The summed E-state index contributed by atoms with van der Waals surface area (Å²) < 4.78 is 0. The summed E-state index contributed by atoms with van der Waals surface area (Å²) in [5, 5.41) is 7.29. The Hall–Kier alpha value is -1.02. The number of amidine groups is 1. The highest BCUT2D eigenvalue weighted by Gasteiger charge is 2.07. The fourth-order valence-electron chi connectivity index (χ4n) is 1.90. The quantitative estimate of drug-likeness (QED) is 0.610. The first-order chi connectivity index (χ1) is 7.49. The SMILES string of the molecule is CC(C)Cc1ccc(C(C)CC(=N)N)cc1.Cl. The first-order valence-electron chi connectivity index (χ1n) is 5.90. The lowest BCUT2D eigenvalue weighted by atomic mass is 9.94. The van der Waals surface area contributed by atoms with Crippen LogP contribution in [0.2, 0.25) is 0 Å². The standard InChI is InChI=1S/C14H22N2.ClH/c1-10(2)8-12-4-6-13(7-5-12)11(3)9-14(15)16;/h4-7,10-11H,8-9H2,1-3H3,(H3,15,16);1H. The summed E-state index contributed by atoms with van der Waals surface area (Å²) in [6, 6.07) is 8.69. The van der Waals surface area contributed by atoms with E-state index in [1.807, 2.05) is 0 Å². The minimum Gasteiger partial charge on any atom is -0.388 e. The van der Waals surface area contributed by atoms with Crippen molar-refractivity contribution in [2.24, 2.45) is 11.7 Å². The number of hydrogen-bond donors (Lipinski definition) is 2. The first-order valence-corrected chi connectivity index (χ1v) is 5.90. The molecule has 0 aliphatic heterocycles. The van der Waals surface area contributed by atoms with Gasteiger partial charge in [-0.3, -0.25) is 5.41 Å². The maximum atomic E-state index is 7.29. The first kappa shape index (κ1) is 16.0. The average Bonchev–Trinajstić information content (AvgIpc) is 2.16. The summed E-state index contributed by atoms with van der Waals surface area (Å²) in [4.78, 5) is 0. The summed E-state index contributed by atoms with van der Waals surface area (Å²) in [5.74, 6) is 1.30. The summed E-state index contributed by atoms with van der Waals surface area (Å²) in [6.45, 7) is 6.57. The van der Waals surface area contributed by atoms with E-state index in [1.54, 1.807) is 0 Å². The van der Waals surface area contributed by atoms with Crippen LogP contribution in [-0.2, 0) is 6.42 Å². The lowest BCUT2D eigenvalue weighted by molar-refractivity contribution is 0.647. The van der Waals surface area contributed by atoms with Gasteiger partial charge in [-0.2, -0.15) is 0 Å². The van der Waals surface area contributed by atoms with E-state index in [0.29, 0.717) is 18.3 Å². The van der Waals surface area contributed by atoms with Gasteiger partial charge in [0.05, 0.1) is 5.84 Å². The molecule has 3 N–H and O–H groups in total. The van der Waals surface area contributed by atoms with Crippen LogP contribution >= 0.6 is 12.4 Å². The van der Waals surface area contributed by atoms with Crippen molar-refractivity contribution in [3.8, 4) is 0 Å². The fourth-order valence-corrected chi connectivity index (χ4v) is 1.90. The molecular weight excluding hydrogens is 232 g/mol. The highest BCUT2D eigenvalue weighted by Crippen LogP contribution is 2.20. The molecule has 0 heterocycles. The van der Waals surface area contributed by atoms with Gasteiger partial charge in [0.2, 0.25) is 0 Å². The van der Waals surface area contributed by atoms with Crippen molar-refractivity contribution in [3.63, 3.8) is 0 Å². The van der Waals surface area contributed by atoms with E-state index in [2.05, 4.69) is 45.0 Å². The predicted octanol–water partition coefficient (Wildman–Crippen LogP) is 3.74. The second-order valence-electron chi connectivity index (χ2n) is 4.97. The number of nitrogens with one attached hydrogen (secondary N) is 1. The van der Waals surface area contributed by atoms with Crippen LogP contribution in [-0.4, -0.2) is 5.84 Å². The third-order valence-corrected chi connectivity index (χ3v) is 2.72. The number of hydrogen-bond acceptors (Lipinski definition) is 1. The molecule has 0 amide bonds. The molecule has 0 aliphatic carbocycles. The zero-order valence-corrected chi connectivity index (χ0v) is 11.7. The van der Waals surface area contributed by atoms with Crippen LogP contribution in [0.15, 0.2) is 24.3 Å². The van der Waals surface area contributed by atoms with Gasteiger partial charge in [-0.15, -0.1) is 12.4 Å². The zero-order valence-electron chi connectivity index (χ0n) is 10.9. The molecule has 0 aromatic heterocycles. The van der Waals surface area contributed by atoms with E-state index >= 15 is 0 Å². The van der Waals surface area contributed by atoms with Crippen LogP contribution in [0.5, 0.6) is 0 Å². The van der Waals surface area contributed by atoms with Gasteiger partial charge in [-0.1, -0.05) is 45.0 Å². The van der Waals surface area contributed by atoms with Gasteiger partial charge in [0, 0.05) is 6.42 Å². The fraction of sp³-hybridized carbons (Fsp3) is 0.500. The molecule has 0 saturated heterocycles. The second-order valence-corrected chi connectivity index (χ2v) is 4.97. The molecule has 1 aromatic carbocycles. The molecule has 1 rings (SSSR count). The molecule has 17 heavy (non-hydrogen) atoms. The van der Waals surface area contributed by atoms with Crippen molar-refractivity contribution in [1.29, 1.82) is 5.41 Å². The van der Waals surface area contributed by atoms with E-state index in [-0.39, 0.29) is 18.2 Å². The van der Waals surface area contributed by atoms with Crippen LogP contribution in [0, 0.1) is 11.3 Å². The number of nitrogens with two attached hydrogens (primary N) is 1. The molecular formula is C14H23ClN2. The van der Waals surface area contributed by atoms with Crippen LogP contribution < -0.4 is 5.73 Å². The second kappa shape index (κ2) is 7.33. The lowest BCUT2D eigenvalue weighted by Gasteiger charge is -2.12. The van der Waals surface area contributed by atoms with Crippen LogP contribution in [0.1, 0.15) is 44.2 Å². The van der Waals surface area contributed by atoms with E-state index in [4.69, 9.17) is 11.1 Å². The molecule has 0 spiro atoms. The van der Waals surface area contributed by atoms with E-state index in [9.17, 15) is 0 Å². The Bertz CT molecular complexity index is 344. The van der Waals surface area contributed by atoms with Crippen LogP contribution in [0.4, 0.5) is 0 Å². The Kier molecular flexibility index (Phi) is 6.89. The van der Waals surface area contributed by atoms with E-state index in [0.717, 1.165) is 6.42 Å². The summed E-state index contributed by atoms with van der Waals surface area (Å²) in [7, 11) is 0. The number of rotatable bonds is 5. The van der Waals surface area contributed by atoms with Crippen molar-refractivity contribution < 1.29 is 0 Å². The predicted molar refractivity (Wildman–Crippen MR) is 77.2 cm³/mol. The molecule has 3 heteroatoms. The van der Waals surface area contributed by atoms with Crippen LogP contribution in [0.25, 0.3) is 0 Å². The van der Waals surface area contributed by atoms with E-state index < -0.39 is 0 Å². The van der Waals surface area contributed by atoms with Gasteiger partial charge >= 0.3 is 0 Å². The summed E-state index contributed by atoms with van der Waals surface area (Å²) >= 11 is 0. The molecule has 2 nitrogen and oxygen atoms in total. The molecule has 0 aliphatic rings. The largest absolute Gasteiger partial charge is 0.388 e. The molecule has 0 bridgehead atoms. The summed E-state index contributed by atoms with van der Waals surface area (Å²) in [6.07, 6.45) is 1.77. The zero-order chi connectivity index (χ0) is 12.1. The molecule has 1 unspecified atom stereocenters. The Morgan fingerprint density at radius 2 is 1.71 bits per heavy atom. The third-order valence-electron chi connectivity index (χ3n) is 2.72. The molecule has 1 aromatic rings. The van der Waals surface area contributed by atoms with Crippen molar-refractivity contribution in [2.75, 3.05) is 0 Å². The number of benzene rings is 1. The molecule has 0 saturated carbocycles. The Balaban J connectivity index is 0.00000256. The Labute approximate surface area is 111 Å². The molecule has 1 atom stereocenters. The maximum Gasteiger partial charge on any atom is 0.0911 e. The molecule has 96 valence electrons. The van der Waals surface area contributed by atoms with Gasteiger partial charge < -0.3 is 5.73 Å². The monoisotopic (exact) mass is 254 g/mol. The van der Waals surface area contributed by atoms with Crippen LogP contribution in [0.3, 0.4) is 0 Å². The minimum absolute atomic E-state index is 0. The number of halogens is 1. The van der Waals surface area contributed by atoms with Crippen molar-refractivity contribution >= 4 is 18.2 Å². The normalized spacial score (nSPS) is 12.0. The molecule has 0 radical (unpaired) electrons. The van der Waals surface area contributed by atoms with Gasteiger partial charge in [0.25, 0.3) is 0 Å². The minimum atomic E-state index is 0. The van der Waals surface area contributed by atoms with Gasteiger partial charge in [-0.05, 0) is 29.4 Å². The molecule has 0 fully saturated rings. The topological polar surface area (TPSA) is 49.9 Å². The average molecular weight is 255 g/mol. The highest BCUT2D eigenvalue weighted by atomic mass is 35.5. The smallest absolute Gasteiger partial charge is 0.0911 e. The van der Waals surface area contributed by atoms with Gasteiger partial charge in [0.1, 0.15) is 0 Å². The highest BCUT2D eigenvalue weighted by molar-refractivity contribution is 5.85. The van der Waals surface area contributed by atoms with Crippen molar-refractivity contribution in [1.82, 2.24) is 0 Å². The van der Waals surface area contributed by atoms with E-state index in [1.165, 1.54) is 11.1 Å².